The monoisotopic (exact) mass is 295 g/mol. The third kappa shape index (κ3) is 3.08. The van der Waals surface area contributed by atoms with Crippen LogP contribution in [0.25, 0.3) is 0 Å². The second-order valence-corrected chi connectivity index (χ2v) is 6.83. The van der Waals surface area contributed by atoms with E-state index in [4.69, 9.17) is 11.6 Å². The predicted molar refractivity (Wildman–Crippen MR) is 85.4 cm³/mol. The second kappa shape index (κ2) is 6.30. The van der Waals surface area contributed by atoms with Crippen LogP contribution in [0.5, 0.6) is 0 Å². The van der Waals surface area contributed by atoms with Crippen LogP contribution in [0.3, 0.4) is 0 Å². The molecule has 2 heterocycles. The molecule has 1 aromatic heterocycles. The van der Waals surface area contributed by atoms with E-state index < -0.39 is 0 Å². The van der Waals surface area contributed by atoms with Gasteiger partial charge in [-0.1, -0.05) is 27.7 Å². The first kappa shape index (κ1) is 15.6. The Morgan fingerprint density at radius 2 is 2.05 bits per heavy atom. The van der Waals surface area contributed by atoms with Crippen LogP contribution < -0.4 is 4.90 Å². The van der Waals surface area contributed by atoms with Crippen molar-refractivity contribution in [3.63, 3.8) is 0 Å². The highest BCUT2D eigenvalue weighted by molar-refractivity contribution is 6.17. The molecule has 0 saturated carbocycles. The molecule has 2 rings (SSSR count). The van der Waals surface area contributed by atoms with Crippen LogP contribution in [0.4, 0.5) is 5.69 Å². The number of anilines is 1. The summed E-state index contributed by atoms with van der Waals surface area (Å²) in [5.41, 5.74) is 2.09. The van der Waals surface area contributed by atoms with Crippen LogP contribution in [-0.2, 0) is 5.88 Å². The highest BCUT2D eigenvalue weighted by atomic mass is 35.5. The molecule has 0 bridgehead atoms. The zero-order valence-corrected chi connectivity index (χ0v) is 14.0. The van der Waals surface area contributed by atoms with Crippen molar-refractivity contribution in [2.75, 3.05) is 11.4 Å². The molecule has 0 aromatic carbocycles. The first-order chi connectivity index (χ1) is 9.43. The van der Waals surface area contributed by atoms with Gasteiger partial charge in [-0.3, -0.25) is 0 Å². The van der Waals surface area contributed by atoms with Crippen LogP contribution in [0.1, 0.15) is 58.5 Å². The first-order valence-electron chi connectivity index (χ1n) is 7.62. The summed E-state index contributed by atoms with van der Waals surface area (Å²) >= 11 is 6.13. The molecular weight excluding hydrogens is 270 g/mol. The standard InChI is InChI=1S/C16H26ClN3/c1-10(2)16-18-8-15(14(7-17)19-16)20-9-11(3)6-12(4)13(20)5/h8,10-13H,6-7,9H2,1-5H3. The van der Waals surface area contributed by atoms with Gasteiger partial charge in [0.25, 0.3) is 0 Å². The van der Waals surface area contributed by atoms with E-state index in [0.29, 0.717) is 29.7 Å². The Morgan fingerprint density at radius 3 is 2.65 bits per heavy atom. The van der Waals surface area contributed by atoms with E-state index in [9.17, 15) is 0 Å². The van der Waals surface area contributed by atoms with E-state index in [0.717, 1.165) is 23.8 Å². The molecule has 1 aliphatic rings. The van der Waals surface area contributed by atoms with Crippen molar-refractivity contribution < 1.29 is 0 Å². The third-order valence-electron chi connectivity index (χ3n) is 4.41. The van der Waals surface area contributed by atoms with Crippen LogP contribution in [0.2, 0.25) is 0 Å². The summed E-state index contributed by atoms with van der Waals surface area (Å²) in [5, 5.41) is 0. The van der Waals surface area contributed by atoms with Crippen molar-refractivity contribution in [3.8, 4) is 0 Å². The highest BCUT2D eigenvalue weighted by Crippen LogP contribution is 2.33. The molecule has 0 aliphatic carbocycles. The summed E-state index contributed by atoms with van der Waals surface area (Å²) in [7, 11) is 0. The van der Waals surface area contributed by atoms with E-state index in [2.05, 4.69) is 49.5 Å². The minimum Gasteiger partial charge on any atom is -0.366 e. The summed E-state index contributed by atoms with van der Waals surface area (Å²) in [5.74, 6) is 3.06. The Bertz CT molecular complexity index is 461. The molecule has 3 atom stereocenters. The summed E-state index contributed by atoms with van der Waals surface area (Å²) in [4.78, 5) is 11.6. The number of hydrogen-bond acceptors (Lipinski definition) is 3. The van der Waals surface area contributed by atoms with Crippen LogP contribution in [-0.4, -0.2) is 22.6 Å². The minimum atomic E-state index is 0.336. The SMILES string of the molecule is CC1CC(C)C(C)N(c2cnc(C(C)C)nc2CCl)C1. The van der Waals surface area contributed by atoms with E-state index in [-0.39, 0.29) is 0 Å². The van der Waals surface area contributed by atoms with E-state index in [1.165, 1.54) is 6.42 Å². The molecular formula is C16H26ClN3. The quantitative estimate of drug-likeness (QED) is 0.782. The molecule has 4 heteroatoms. The molecule has 3 nitrogen and oxygen atoms in total. The maximum Gasteiger partial charge on any atom is 0.131 e. The molecule has 1 fully saturated rings. The van der Waals surface area contributed by atoms with Gasteiger partial charge in [-0.2, -0.15) is 0 Å². The van der Waals surface area contributed by atoms with Gasteiger partial charge in [0.1, 0.15) is 5.82 Å². The van der Waals surface area contributed by atoms with Crippen molar-refractivity contribution in [1.29, 1.82) is 0 Å². The molecule has 1 aliphatic heterocycles. The van der Waals surface area contributed by atoms with Gasteiger partial charge in [-0.25, -0.2) is 9.97 Å². The Morgan fingerprint density at radius 1 is 1.35 bits per heavy atom. The first-order valence-corrected chi connectivity index (χ1v) is 8.15. The second-order valence-electron chi connectivity index (χ2n) is 6.56. The van der Waals surface area contributed by atoms with Crippen molar-refractivity contribution in [1.82, 2.24) is 9.97 Å². The number of aromatic nitrogens is 2. The van der Waals surface area contributed by atoms with Gasteiger partial charge in [0.2, 0.25) is 0 Å². The summed E-state index contributed by atoms with van der Waals surface area (Å²) in [6.45, 7) is 12.2. The highest BCUT2D eigenvalue weighted by Gasteiger charge is 2.30. The molecule has 3 unspecified atom stereocenters. The minimum absolute atomic E-state index is 0.336. The van der Waals surface area contributed by atoms with Crippen LogP contribution in [0, 0.1) is 11.8 Å². The van der Waals surface area contributed by atoms with Gasteiger partial charge in [0.15, 0.2) is 0 Å². The fraction of sp³-hybridized carbons (Fsp3) is 0.750. The largest absolute Gasteiger partial charge is 0.366 e. The van der Waals surface area contributed by atoms with Gasteiger partial charge < -0.3 is 4.90 Å². The maximum atomic E-state index is 6.13. The van der Waals surface area contributed by atoms with Crippen LogP contribution in [0.15, 0.2) is 6.20 Å². The lowest BCUT2D eigenvalue weighted by Crippen LogP contribution is -2.46. The average molecular weight is 296 g/mol. The number of piperidine rings is 1. The molecule has 1 saturated heterocycles. The van der Waals surface area contributed by atoms with Crippen LogP contribution >= 0.6 is 11.6 Å². The van der Waals surface area contributed by atoms with Crippen molar-refractivity contribution in [2.24, 2.45) is 11.8 Å². The molecule has 0 radical (unpaired) electrons. The predicted octanol–water partition coefficient (Wildman–Crippen LogP) is 4.21. The average Bonchev–Trinajstić information content (AvgIpc) is 2.42. The number of rotatable bonds is 3. The zero-order valence-electron chi connectivity index (χ0n) is 13.2. The van der Waals surface area contributed by atoms with Crippen molar-refractivity contribution in [2.45, 2.75) is 58.9 Å². The van der Waals surface area contributed by atoms with Gasteiger partial charge in [0, 0.05) is 18.5 Å². The van der Waals surface area contributed by atoms with E-state index in [1.54, 1.807) is 0 Å². The Hall–Kier alpha value is -0.830. The molecule has 112 valence electrons. The maximum absolute atomic E-state index is 6.13. The topological polar surface area (TPSA) is 29.0 Å². The Balaban J connectivity index is 2.35. The molecule has 20 heavy (non-hydrogen) atoms. The lowest BCUT2D eigenvalue weighted by Gasteiger charge is -2.43. The lowest BCUT2D eigenvalue weighted by atomic mass is 9.85. The van der Waals surface area contributed by atoms with Gasteiger partial charge >= 0.3 is 0 Å². The summed E-state index contributed by atoms with van der Waals surface area (Å²) in [6, 6.07) is 0.515. The number of hydrogen-bond donors (Lipinski definition) is 0. The Labute approximate surface area is 127 Å². The fourth-order valence-electron chi connectivity index (χ4n) is 3.08. The Kier molecular flexibility index (Phi) is 4.90. The third-order valence-corrected chi connectivity index (χ3v) is 4.67. The molecule has 0 amide bonds. The van der Waals surface area contributed by atoms with E-state index in [1.807, 2.05) is 6.20 Å². The smallest absolute Gasteiger partial charge is 0.131 e. The summed E-state index contributed by atoms with van der Waals surface area (Å²) < 4.78 is 0. The molecule has 0 N–H and O–H groups in total. The van der Waals surface area contributed by atoms with Gasteiger partial charge in [0.05, 0.1) is 23.5 Å². The zero-order chi connectivity index (χ0) is 14.9. The number of halogens is 1. The number of nitrogens with zero attached hydrogens (tertiary/aromatic N) is 3. The van der Waals surface area contributed by atoms with Gasteiger partial charge in [-0.15, -0.1) is 11.6 Å². The molecule has 0 spiro atoms. The number of alkyl halides is 1. The summed E-state index contributed by atoms with van der Waals surface area (Å²) in [6.07, 6.45) is 3.26. The van der Waals surface area contributed by atoms with E-state index >= 15 is 0 Å². The van der Waals surface area contributed by atoms with Gasteiger partial charge in [-0.05, 0) is 25.2 Å². The molecule has 1 aromatic rings. The van der Waals surface area contributed by atoms with Crippen molar-refractivity contribution >= 4 is 17.3 Å². The lowest BCUT2D eigenvalue weighted by molar-refractivity contribution is 0.296. The fourth-order valence-corrected chi connectivity index (χ4v) is 3.27. The van der Waals surface area contributed by atoms with Crippen molar-refractivity contribution in [3.05, 3.63) is 17.7 Å². The normalized spacial score (nSPS) is 27.1.